The van der Waals surface area contributed by atoms with E-state index in [2.05, 4.69) is 167 Å². The van der Waals surface area contributed by atoms with Crippen LogP contribution in [0, 0.1) is 11.3 Å². The Morgan fingerprint density at radius 1 is 0.696 bits per heavy atom. The molecule has 0 saturated carbocycles. The Morgan fingerprint density at radius 2 is 1.50 bits per heavy atom. The van der Waals surface area contributed by atoms with Gasteiger partial charge >= 0.3 is 0 Å². The van der Waals surface area contributed by atoms with E-state index in [1.54, 1.807) is 0 Å². The molecule has 0 saturated heterocycles. The molecule has 1 unspecified atom stereocenters. The van der Waals surface area contributed by atoms with E-state index >= 15 is 0 Å². The van der Waals surface area contributed by atoms with Gasteiger partial charge in [0.2, 0.25) is 0 Å². The Balaban J connectivity index is 1.18. The molecule has 2 atom stereocenters. The molecule has 2 heterocycles. The van der Waals surface area contributed by atoms with Gasteiger partial charge in [-0.25, -0.2) is 0 Å². The third-order valence-electron chi connectivity index (χ3n) is 9.85. The fraction of sp³-hybridized carbons (Fsp3) is 0.0930. The molecule has 9 rings (SSSR count). The van der Waals surface area contributed by atoms with Crippen LogP contribution in [-0.2, 0) is 6.42 Å². The molecule has 1 aliphatic heterocycles. The van der Waals surface area contributed by atoms with Crippen molar-refractivity contribution in [2.24, 2.45) is 0 Å². The molecule has 3 heteroatoms. The first-order chi connectivity index (χ1) is 22.8. The maximum atomic E-state index is 10.7. The molecule has 2 aliphatic carbocycles. The topological polar surface area (TPSA) is 32.0 Å². The van der Waals surface area contributed by atoms with Gasteiger partial charge in [-0.05, 0) is 83.1 Å². The van der Waals surface area contributed by atoms with E-state index in [0.717, 1.165) is 35.3 Å². The standard InChI is InChI=1S/C43H31N3/c44-28-38-33(19-11-23-42(38)46-40-21-8-4-16-34(40)35-17-5-9-22-41(35)46)31-14-10-15-32(26-31)45-39-20-7-6-18-36(39)37-27-30(24-25-43(37)45)29-12-2-1-3-13-29/h1-5,7-17,19-27,34,40H,6,18H2/t34?,40-/m1/s1. The largest absolute Gasteiger partial charge is 0.332 e. The smallest absolute Gasteiger partial charge is 0.102 e. The summed E-state index contributed by atoms with van der Waals surface area (Å²) in [6.07, 6.45) is 15.4. The van der Waals surface area contributed by atoms with Crippen molar-refractivity contribution in [3.05, 3.63) is 168 Å². The number of hydrogen-bond donors (Lipinski definition) is 0. The number of anilines is 2. The second kappa shape index (κ2) is 10.6. The monoisotopic (exact) mass is 589 g/mol. The van der Waals surface area contributed by atoms with Gasteiger partial charge in [-0.1, -0.05) is 109 Å². The summed E-state index contributed by atoms with van der Waals surface area (Å²) in [6.45, 7) is 0. The lowest BCUT2D eigenvalue weighted by atomic mass is 9.91. The average molecular weight is 590 g/mol. The van der Waals surface area contributed by atoms with Crippen LogP contribution in [0.3, 0.4) is 0 Å². The number of rotatable bonds is 4. The predicted octanol–water partition coefficient (Wildman–Crippen LogP) is 10.5. The maximum absolute atomic E-state index is 10.7. The highest BCUT2D eigenvalue weighted by atomic mass is 15.2. The predicted molar refractivity (Wildman–Crippen MR) is 190 cm³/mol. The van der Waals surface area contributed by atoms with Crippen molar-refractivity contribution in [3.63, 3.8) is 0 Å². The fourth-order valence-corrected chi connectivity index (χ4v) is 7.81. The summed E-state index contributed by atoms with van der Waals surface area (Å²) in [4.78, 5) is 2.36. The van der Waals surface area contributed by atoms with Crippen molar-refractivity contribution in [2.45, 2.75) is 24.8 Å². The number of aryl methyl sites for hydroxylation is 1. The summed E-state index contributed by atoms with van der Waals surface area (Å²) in [5.74, 6) is 0.267. The van der Waals surface area contributed by atoms with Crippen molar-refractivity contribution in [1.82, 2.24) is 4.57 Å². The van der Waals surface area contributed by atoms with Crippen molar-refractivity contribution in [3.8, 4) is 34.0 Å². The first-order valence-electron chi connectivity index (χ1n) is 16.1. The number of para-hydroxylation sites is 1. The zero-order valence-corrected chi connectivity index (χ0v) is 25.3. The summed E-state index contributed by atoms with van der Waals surface area (Å²) in [7, 11) is 0. The van der Waals surface area contributed by atoms with Gasteiger partial charge in [-0.15, -0.1) is 0 Å². The van der Waals surface area contributed by atoms with Crippen molar-refractivity contribution < 1.29 is 0 Å². The number of hydrogen-bond acceptors (Lipinski definition) is 2. The molecule has 218 valence electrons. The molecule has 0 amide bonds. The Bertz CT molecular complexity index is 2290. The number of fused-ring (bicyclic) bond motifs is 6. The van der Waals surface area contributed by atoms with Crippen LogP contribution in [0.2, 0.25) is 0 Å². The highest BCUT2D eigenvalue weighted by Gasteiger charge is 2.38. The summed E-state index contributed by atoms with van der Waals surface area (Å²) >= 11 is 0. The van der Waals surface area contributed by atoms with Gasteiger partial charge in [0.05, 0.1) is 22.8 Å². The van der Waals surface area contributed by atoms with Crippen LogP contribution < -0.4 is 4.90 Å². The number of aromatic nitrogens is 1. The minimum atomic E-state index is 0.140. The van der Waals surface area contributed by atoms with E-state index in [1.807, 2.05) is 0 Å². The number of benzene rings is 5. The van der Waals surface area contributed by atoms with E-state index in [0.29, 0.717) is 5.56 Å². The molecule has 3 nitrogen and oxygen atoms in total. The van der Waals surface area contributed by atoms with Crippen LogP contribution in [0.15, 0.2) is 146 Å². The van der Waals surface area contributed by atoms with Crippen molar-refractivity contribution in [2.75, 3.05) is 4.90 Å². The van der Waals surface area contributed by atoms with E-state index in [4.69, 9.17) is 0 Å². The van der Waals surface area contributed by atoms with Gasteiger partial charge < -0.3 is 9.47 Å². The molecule has 0 N–H and O–H groups in total. The van der Waals surface area contributed by atoms with Gasteiger partial charge in [-0.3, -0.25) is 0 Å². The molecular weight excluding hydrogens is 558 g/mol. The van der Waals surface area contributed by atoms with Gasteiger partial charge in [0.1, 0.15) is 6.07 Å². The summed E-state index contributed by atoms with van der Waals surface area (Å²) in [5, 5.41) is 12.0. The van der Waals surface area contributed by atoms with E-state index in [9.17, 15) is 5.26 Å². The second-order valence-electron chi connectivity index (χ2n) is 12.3. The van der Waals surface area contributed by atoms with Crippen LogP contribution >= 0.6 is 0 Å². The molecule has 6 aromatic rings. The lowest BCUT2D eigenvalue weighted by Crippen LogP contribution is -2.29. The molecular formula is C43H31N3. The van der Waals surface area contributed by atoms with E-state index in [-0.39, 0.29) is 12.0 Å². The lowest BCUT2D eigenvalue weighted by Gasteiger charge is -2.30. The fourth-order valence-electron chi connectivity index (χ4n) is 7.81. The zero-order valence-electron chi connectivity index (χ0n) is 25.3. The minimum Gasteiger partial charge on any atom is -0.332 e. The molecule has 0 bridgehead atoms. The normalized spacial score (nSPS) is 17.5. The zero-order chi connectivity index (χ0) is 30.6. The number of nitrogens with zero attached hydrogens (tertiary/aromatic N) is 3. The molecule has 1 aromatic heterocycles. The van der Waals surface area contributed by atoms with Crippen molar-refractivity contribution in [1.29, 1.82) is 5.26 Å². The molecule has 0 fully saturated rings. The first-order valence-corrected chi connectivity index (χ1v) is 16.1. The Kier molecular flexibility index (Phi) is 6.14. The SMILES string of the molecule is N#Cc1c(-c2cccc(-n3c4c(c5cc(-c6ccccc6)ccc53)CCC=C4)c2)cccc1N1c2ccccc2C2C=CC=C[C@H]21. The third-order valence-corrected chi connectivity index (χ3v) is 9.85. The molecule has 0 radical (unpaired) electrons. The van der Waals surface area contributed by atoms with Crippen LogP contribution in [0.5, 0.6) is 0 Å². The van der Waals surface area contributed by atoms with Gasteiger partial charge in [0.25, 0.3) is 0 Å². The number of allylic oxidation sites excluding steroid dienone is 3. The quantitative estimate of drug-likeness (QED) is 0.205. The summed E-state index contributed by atoms with van der Waals surface area (Å²) in [5.41, 5.74) is 13.5. The van der Waals surface area contributed by atoms with Crippen LogP contribution in [-0.4, -0.2) is 10.6 Å². The van der Waals surface area contributed by atoms with Crippen LogP contribution in [0.4, 0.5) is 11.4 Å². The average Bonchev–Trinajstić information content (AvgIpc) is 3.64. The van der Waals surface area contributed by atoms with Gasteiger partial charge in [0, 0.05) is 33.9 Å². The summed E-state index contributed by atoms with van der Waals surface area (Å²) < 4.78 is 2.40. The van der Waals surface area contributed by atoms with Crippen LogP contribution in [0.25, 0.3) is 44.9 Å². The molecule has 46 heavy (non-hydrogen) atoms. The third kappa shape index (κ3) is 4.04. The molecule has 3 aliphatic rings. The van der Waals surface area contributed by atoms with E-state index in [1.165, 1.54) is 44.5 Å². The highest BCUT2D eigenvalue weighted by Crippen LogP contribution is 2.49. The molecule has 0 spiro atoms. The first kappa shape index (κ1) is 26.5. The lowest BCUT2D eigenvalue weighted by molar-refractivity contribution is 0.744. The number of nitriles is 1. The maximum Gasteiger partial charge on any atom is 0.102 e. The molecule has 5 aromatic carbocycles. The Labute approximate surface area is 269 Å². The van der Waals surface area contributed by atoms with Crippen LogP contribution in [0.1, 0.15) is 34.7 Å². The minimum absolute atomic E-state index is 0.140. The summed E-state index contributed by atoms with van der Waals surface area (Å²) in [6, 6.07) is 43.8. The Hall–Kier alpha value is -5.85. The van der Waals surface area contributed by atoms with E-state index < -0.39 is 0 Å². The highest BCUT2D eigenvalue weighted by molar-refractivity contribution is 5.94. The van der Waals surface area contributed by atoms with Crippen molar-refractivity contribution >= 4 is 28.4 Å². The van der Waals surface area contributed by atoms with Gasteiger partial charge in [0.15, 0.2) is 0 Å². The second-order valence-corrected chi connectivity index (χ2v) is 12.3. The Morgan fingerprint density at radius 3 is 2.41 bits per heavy atom. The van der Waals surface area contributed by atoms with Gasteiger partial charge in [-0.2, -0.15) is 5.26 Å².